The van der Waals surface area contributed by atoms with Crippen molar-refractivity contribution in [1.29, 1.82) is 0 Å². The van der Waals surface area contributed by atoms with Crippen molar-refractivity contribution in [3.63, 3.8) is 0 Å². The Hall–Kier alpha value is -2.14. The molecule has 0 saturated heterocycles. The monoisotopic (exact) mass is 560 g/mol. The minimum Gasteiger partial charge on any atom is -0.462 e. The van der Waals surface area contributed by atoms with Crippen LogP contribution < -0.4 is 0 Å². The van der Waals surface area contributed by atoms with Crippen LogP contribution in [0.4, 0.5) is 0 Å². The molecule has 230 valence electrons. The third-order valence-corrected chi connectivity index (χ3v) is 6.60. The number of ether oxygens (including phenoxy) is 2. The average molecular weight is 561 g/mol. The zero-order valence-corrected chi connectivity index (χ0v) is 25.8. The van der Waals surface area contributed by atoms with Crippen molar-refractivity contribution in [2.75, 3.05) is 13.2 Å². The topological polar surface area (TPSA) is 72.8 Å². The normalized spacial score (nSPS) is 12.8. The smallest absolute Gasteiger partial charge is 0.306 e. The summed E-state index contributed by atoms with van der Waals surface area (Å²) in [5.41, 5.74) is 0. The molecule has 0 aliphatic carbocycles. The fourth-order valence-corrected chi connectivity index (χ4v) is 4.07. The van der Waals surface area contributed by atoms with Crippen LogP contribution in [0, 0.1) is 0 Å². The van der Waals surface area contributed by atoms with E-state index in [0.29, 0.717) is 12.8 Å². The summed E-state index contributed by atoms with van der Waals surface area (Å²) in [5, 5.41) is 9.48. The first-order valence-corrected chi connectivity index (χ1v) is 16.2. The molecule has 5 nitrogen and oxygen atoms in total. The number of esters is 2. The molecule has 1 N–H and O–H groups in total. The Labute approximate surface area is 246 Å². The Morgan fingerprint density at radius 2 is 1.02 bits per heavy atom. The lowest BCUT2D eigenvalue weighted by atomic mass is 10.1. The molecule has 0 aromatic carbocycles. The van der Waals surface area contributed by atoms with Gasteiger partial charge in [-0.1, -0.05) is 107 Å². The molecule has 0 aliphatic rings. The Kier molecular flexibility index (Phi) is 29.7. The van der Waals surface area contributed by atoms with Crippen molar-refractivity contribution >= 4 is 11.9 Å². The summed E-state index contributed by atoms with van der Waals surface area (Å²) >= 11 is 0. The van der Waals surface area contributed by atoms with Crippen LogP contribution in [0.1, 0.15) is 142 Å². The molecular weight excluding hydrogens is 500 g/mol. The fourth-order valence-electron chi connectivity index (χ4n) is 4.07. The van der Waals surface area contributed by atoms with E-state index >= 15 is 0 Å². The van der Waals surface area contributed by atoms with E-state index in [9.17, 15) is 14.7 Å². The summed E-state index contributed by atoms with van der Waals surface area (Å²) < 4.78 is 10.5. The van der Waals surface area contributed by atoms with Crippen LogP contribution in [-0.4, -0.2) is 36.4 Å². The maximum absolute atomic E-state index is 12.0. The molecule has 0 spiro atoms. The summed E-state index contributed by atoms with van der Waals surface area (Å²) in [6.45, 7) is 4.00. The van der Waals surface area contributed by atoms with Gasteiger partial charge in [0.05, 0.1) is 6.61 Å². The van der Waals surface area contributed by atoms with E-state index < -0.39 is 6.10 Å². The van der Waals surface area contributed by atoms with Gasteiger partial charge in [-0.2, -0.15) is 0 Å². The molecule has 0 saturated carbocycles. The molecule has 1 atom stereocenters. The minimum absolute atomic E-state index is 0.0903. The maximum Gasteiger partial charge on any atom is 0.306 e. The highest BCUT2D eigenvalue weighted by molar-refractivity contribution is 5.70. The van der Waals surface area contributed by atoms with Gasteiger partial charge in [0.25, 0.3) is 0 Å². The molecule has 0 unspecified atom stereocenters. The quantitative estimate of drug-likeness (QED) is 0.0586. The van der Waals surface area contributed by atoms with Gasteiger partial charge in [-0.05, 0) is 70.6 Å². The summed E-state index contributed by atoms with van der Waals surface area (Å²) in [6.07, 6.45) is 37.3. The second-order valence-corrected chi connectivity index (χ2v) is 10.5. The van der Waals surface area contributed by atoms with E-state index in [1.807, 2.05) is 0 Å². The first kappa shape index (κ1) is 37.9. The molecule has 40 heavy (non-hydrogen) atoms. The van der Waals surface area contributed by atoms with E-state index in [1.165, 1.54) is 57.8 Å². The summed E-state index contributed by atoms with van der Waals surface area (Å²) in [5.74, 6) is -0.654. The van der Waals surface area contributed by atoms with Gasteiger partial charge in [0.15, 0.2) is 6.10 Å². The molecule has 0 aromatic heterocycles. The lowest BCUT2D eigenvalue weighted by molar-refractivity contribution is -0.161. The van der Waals surface area contributed by atoms with Gasteiger partial charge in [0.1, 0.15) is 6.61 Å². The summed E-state index contributed by atoms with van der Waals surface area (Å²) in [7, 11) is 0. The van der Waals surface area contributed by atoms with Crippen LogP contribution in [-0.2, 0) is 19.1 Å². The fraction of sp³-hybridized carbons (Fsp3) is 0.714. The van der Waals surface area contributed by atoms with E-state index in [0.717, 1.165) is 57.8 Å². The number of carbonyl (C=O) groups excluding carboxylic acids is 2. The van der Waals surface area contributed by atoms with Gasteiger partial charge in [-0.25, -0.2) is 0 Å². The zero-order valence-electron chi connectivity index (χ0n) is 25.8. The van der Waals surface area contributed by atoms with E-state index in [1.54, 1.807) is 0 Å². The van der Waals surface area contributed by atoms with Gasteiger partial charge < -0.3 is 14.6 Å². The first-order chi connectivity index (χ1) is 19.6. The molecule has 0 radical (unpaired) electrons. The lowest BCUT2D eigenvalue weighted by Crippen LogP contribution is -2.28. The zero-order chi connectivity index (χ0) is 29.4. The van der Waals surface area contributed by atoms with Crippen LogP contribution in [0.5, 0.6) is 0 Å². The number of aliphatic hydroxyl groups is 1. The van der Waals surface area contributed by atoms with Gasteiger partial charge in [-0.3, -0.25) is 9.59 Å². The number of carbonyl (C=O) groups is 2. The van der Waals surface area contributed by atoms with Crippen LogP contribution in [0.2, 0.25) is 0 Å². The standard InChI is InChI=1S/C35H60O5/c1-3-5-7-9-11-13-15-16-17-18-20-21-23-25-27-29-34(37)39-32-33(31-36)40-35(38)30-28-26-24-22-19-14-12-10-8-6-4-2/h10-13,16-17,20-21,33,36H,3-9,14-15,18-19,22-32H2,1-2H3/t33-/m0/s1. The lowest BCUT2D eigenvalue weighted by Gasteiger charge is -2.15. The maximum atomic E-state index is 12.0. The van der Waals surface area contributed by atoms with E-state index in [2.05, 4.69) is 62.5 Å². The van der Waals surface area contributed by atoms with E-state index in [-0.39, 0.29) is 25.2 Å². The Balaban J connectivity index is 3.70. The molecule has 0 bridgehead atoms. The van der Waals surface area contributed by atoms with Crippen molar-refractivity contribution in [3.05, 3.63) is 48.6 Å². The minimum atomic E-state index is -0.788. The van der Waals surface area contributed by atoms with Gasteiger partial charge in [-0.15, -0.1) is 0 Å². The van der Waals surface area contributed by atoms with Crippen LogP contribution in [0.25, 0.3) is 0 Å². The van der Waals surface area contributed by atoms with E-state index in [4.69, 9.17) is 9.47 Å². The summed E-state index contributed by atoms with van der Waals surface area (Å²) in [6, 6.07) is 0. The van der Waals surface area contributed by atoms with Crippen molar-refractivity contribution in [2.24, 2.45) is 0 Å². The number of allylic oxidation sites excluding steroid dienone is 8. The number of aliphatic hydroxyl groups excluding tert-OH is 1. The molecule has 5 heteroatoms. The number of unbranched alkanes of at least 4 members (excludes halogenated alkanes) is 12. The van der Waals surface area contributed by atoms with Crippen LogP contribution in [0.15, 0.2) is 48.6 Å². The number of hydrogen-bond acceptors (Lipinski definition) is 5. The van der Waals surface area contributed by atoms with Gasteiger partial charge >= 0.3 is 11.9 Å². The molecule has 0 amide bonds. The van der Waals surface area contributed by atoms with Crippen molar-refractivity contribution in [1.82, 2.24) is 0 Å². The highest BCUT2D eigenvalue weighted by Crippen LogP contribution is 2.10. The van der Waals surface area contributed by atoms with Gasteiger partial charge in [0.2, 0.25) is 0 Å². The highest BCUT2D eigenvalue weighted by atomic mass is 16.6. The van der Waals surface area contributed by atoms with Crippen LogP contribution in [0.3, 0.4) is 0 Å². The molecule has 0 heterocycles. The number of rotatable bonds is 28. The largest absolute Gasteiger partial charge is 0.462 e. The molecule has 0 aliphatic heterocycles. The Bertz CT molecular complexity index is 692. The molecule has 0 fully saturated rings. The third kappa shape index (κ3) is 28.9. The van der Waals surface area contributed by atoms with Crippen molar-refractivity contribution in [2.45, 2.75) is 148 Å². The van der Waals surface area contributed by atoms with Gasteiger partial charge in [0, 0.05) is 12.8 Å². The molecule has 0 aromatic rings. The number of hydrogen-bond donors (Lipinski definition) is 1. The molecule has 0 rings (SSSR count). The average Bonchev–Trinajstić information content (AvgIpc) is 2.96. The third-order valence-electron chi connectivity index (χ3n) is 6.60. The van der Waals surface area contributed by atoms with Crippen molar-refractivity contribution < 1.29 is 24.2 Å². The van der Waals surface area contributed by atoms with Crippen molar-refractivity contribution in [3.8, 4) is 0 Å². The first-order valence-electron chi connectivity index (χ1n) is 16.2. The predicted octanol–water partition coefficient (Wildman–Crippen LogP) is 9.50. The SMILES string of the molecule is CCCCC=CCCCCCCCC(=O)O[C@@H](CO)COC(=O)CCCCC=CCC=CCC=CCCCCC. The second kappa shape index (κ2) is 31.4. The summed E-state index contributed by atoms with van der Waals surface area (Å²) in [4.78, 5) is 24.0. The second-order valence-electron chi connectivity index (χ2n) is 10.5. The molecular formula is C35H60O5. The Morgan fingerprint density at radius 1 is 0.575 bits per heavy atom. The highest BCUT2D eigenvalue weighted by Gasteiger charge is 2.16. The van der Waals surface area contributed by atoms with Crippen LogP contribution >= 0.6 is 0 Å². The Morgan fingerprint density at radius 3 is 1.65 bits per heavy atom. The predicted molar refractivity (Wildman–Crippen MR) is 168 cm³/mol.